The lowest BCUT2D eigenvalue weighted by Crippen LogP contribution is -2.19. The van der Waals surface area contributed by atoms with Crippen molar-refractivity contribution in [1.82, 2.24) is 5.32 Å². The molecule has 1 N–H and O–H groups in total. The summed E-state index contributed by atoms with van der Waals surface area (Å²) < 4.78 is 0. The lowest BCUT2D eigenvalue weighted by molar-refractivity contribution is -0.119. The van der Waals surface area contributed by atoms with Crippen molar-refractivity contribution in [2.75, 3.05) is 6.26 Å². The van der Waals surface area contributed by atoms with E-state index in [1.54, 1.807) is 11.8 Å². The number of hydrogen-bond donors (Lipinski definition) is 1. The molecule has 3 heteroatoms. The van der Waals surface area contributed by atoms with Crippen LogP contribution in [0.1, 0.15) is 12.5 Å². The molecular formula is C10H13NOS. The lowest BCUT2D eigenvalue weighted by Gasteiger charge is -2.06. The van der Waals surface area contributed by atoms with Crippen LogP contribution in [-0.2, 0) is 11.3 Å². The Morgan fingerprint density at radius 3 is 2.77 bits per heavy atom. The molecule has 0 aliphatic rings. The summed E-state index contributed by atoms with van der Waals surface area (Å²) in [5, 5.41) is 2.78. The van der Waals surface area contributed by atoms with E-state index in [1.807, 2.05) is 24.5 Å². The molecule has 1 aromatic carbocycles. The molecule has 70 valence electrons. The van der Waals surface area contributed by atoms with Crippen LogP contribution in [-0.4, -0.2) is 12.2 Å². The minimum Gasteiger partial charge on any atom is -0.352 e. The summed E-state index contributed by atoms with van der Waals surface area (Å²) in [6.45, 7) is 2.15. The molecule has 1 aromatic rings. The Morgan fingerprint density at radius 2 is 2.15 bits per heavy atom. The molecular weight excluding hydrogens is 182 g/mol. The van der Waals surface area contributed by atoms with E-state index in [-0.39, 0.29) is 5.91 Å². The Bertz CT molecular complexity index is 299. The quantitative estimate of drug-likeness (QED) is 0.748. The largest absolute Gasteiger partial charge is 0.352 e. The van der Waals surface area contributed by atoms with Crippen molar-refractivity contribution in [3.05, 3.63) is 29.8 Å². The summed E-state index contributed by atoms with van der Waals surface area (Å²) in [5.74, 6) is 0.0101. The van der Waals surface area contributed by atoms with Gasteiger partial charge in [0.25, 0.3) is 0 Å². The van der Waals surface area contributed by atoms with Gasteiger partial charge in [0.15, 0.2) is 0 Å². The zero-order valence-corrected chi connectivity index (χ0v) is 8.65. The van der Waals surface area contributed by atoms with Crippen LogP contribution in [0.25, 0.3) is 0 Å². The molecule has 0 unspecified atom stereocenters. The predicted octanol–water partition coefficient (Wildman–Crippen LogP) is 2.04. The molecule has 0 saturated heterocycles. The van der Waals surface area contributed by atoms with E-state index >= 15 is 0 Å². The van der Waals surface area contributed by atoms with Crippen molar-refractivity contribution in [3.8, 4) is 0 Å². The van der Waals surface area contributed by atoms with E-state index in [0.717, 1.165) is 0 Å². The third-order valence-electron chi connectivity index (χ3n) is 1.72. The number of amides is 1. The van der Waals surface area contributed by atoms with Crippen LogP contribution < -0.4 is 5.32 Å². The zero-order chi connectivity index (χ0) is 9.68. The van der Waals surface area contributed by atoms with Crippen molar-refractivity contribution in [2.45, 2.75) is 18.4 Å². The SMILES string of the molecule is CSc1ccccc1CNC(C)=O. The highest BCUT2D eigenvalue weighted by Gasteiger charge is 1.99. The Kier molecular flexibility index (Phi) is 3.83. The van der Waals surface area contributed by atoms with Gasteiger partial charge in [0.05, 0.1) is 0 Å². The minimum atomic E-state index is 0.0101. The number of benzene rings is 1. The van der Waals surface area contributed by atoms with Crippen molar-refractivity contribution in [3.63, 3.8) is 0 Å². The molecule has 0 aliphatic heterocycles. The molecule has 2 nitrogen and oxygen atoms in total. The number of carbonyl (C=O) groups excluding carboxylic acids is 1. The van der Waals surface area contributed by atoms with Crippen LogP contribution in [0.3, 0.4) is 0 Å². The fraction of sp³-hybridized carbons (Fsp3) is 0.300. The predicted molar refractivity (Wildman–Crippen MR) is 55.7 cm³/mol. The molecule has 0 radical (unpaired) electrons. The molecule has 13 heavy (non-hydrogen) atoms. The van der Waals surface area contributed by atoms with Crippen molar-refractivity contribution in [1.29, 1.82) is 0 Å². The highest BCUT2D eigenvalue weighted by atomic mass is 32.2. The molecule has 0 saturated carbocycles. The molecule has 1 amide bonds. The Morgan fingerprint density at radius 1 is 1.46 bits per heavy atom. The molecule has 0 atom stereocenters. The smallest absolute Gasteiger partial charge is 0.217 e. The monoisotopic (exact) mass is 195 g/mol. The van der Waals surface area contributed by atoms with Gasteiger partial charge in [-0.05, 0) is 17.9 Å². The third kappa shape index (κ3) is 3.11. The van der Waals surface area contributed by atoms with Gasteiger partial charge in [0.2, 0.25) is 5.91 Å². The second-order valence-corrected chi connectivity index (χ2v) is 3.57. The number of thioether (sulfide) groups is 1. The molecule has 0 heterocycles. The van der Waals surface area contributed by atoms with E-state index < -0.39 is 0 Å². The van der Waals surface area contributed by atoms with Crippen LogP contribution in [0, 0.1) is 0 Å². The van der Waals surface area contributed by atoms with Gasteiger partial charge in [-0.2, -0.15) is 0 Å². The first-order chi connectivity index (χ1) is 6.24. The lowest BCUT2D eigenvalue weighted by atomic mass is 10.2. The topological polar surface area (TPSA) is 29.1 Å². The van der Waals surface area contributed by atoms with Crippen LogP contribution in [0.4, 0.5) is 0 Å². The van der Waals surface area contributed by atoms with Crippen LogP contribution in [0.15, 0.2) is 29.2 Å². The van der Waals surface area contributed by atoms with Gasteiger partial charge in [0, 0.05) is 18.4 Å². The van der Waals surface area contributed by atoms with E-state index in [2.05, 4.69) is 11.4 Å². The Balaban J connectivity index is 2.69. The first kappa shape index (κ1) is 10.1. The fourth-order valence-corrected chi connectivity index (χ4v) is 1.69. The van der Waals surface area contributed by atoms with E-state index in [4.69, 9.17) is 0 Å². The summed E-state index contributed by atoms with van der Waals surface area (Å²) >= 11 is 1.70. The molecule has 1 rings (SSSR count). The van der Waals surface area contributed by atoms with Gasteiger partial charge in [-0.15, -0.1) is 11.8 Å². The van der Waals surface area contributed by atoms with Gasteiger partial charge < -0.3 is 5.32 Å². The second kappa shape index (κ2) is 4.92. The molecule has 0 fully saturated rings. The maximum absolute atomic E-state index is 10.7. The normalized spacial score (nSPS) is 9.69. The van der Waals surface area contributed by atoms with E-state index in [0.29, 0.717) is 6.54 Å². The standard InChI is InChI=1S/C10H13NOS/c1-8(12)11-7-9-5-3-4-6-10(9)13-2/h3-6H,7H2,1-2H3,(H,11,12). The van der Waals surface area contributed by atoms with Crippen molar-refractivity contribution < 1.29 is 4.79 Å². The van der Waals surface area contributed by atoms with Crippen molar-refractivity contribution in [2.24, 2.45) is 0 Å². The molecule has 0 aliphatic carbocycles. The second-order valence-electron chi connectivity index (χ2n) is 2.72. The van der Waals surface area contributed by atoms with Gasteiger partial charge in [-0.25, -0.2) is 0 Å². The van der Waals surface area contributed by atoms with Crippen LogP contribution in [0.5, 0.6) is 0 Å². The minimum absolute atomic E-state index is 0.0101. The fourth-order valence-electron chi connectivity index (χ4n) is 1.07. The zero-order valence-electron chi connectivity index (χ0n) is 7.83. The van der Waals surface area contributed by atoms with Gasteiger partial charge in [-0.3, -0.25) is 4.79 Å². The third-order valence-corrected chi connectivity index (χ3v) is 2.56. The first-order valence-electron chi connectivity index (χ1n) is 4.10. The Labute approximate surface area is 82.7 Å². The maximum Gasteiger partial charge on any atom is 0.217 e. The molecule has 0 aromatic heterocycles. The average molecular weight is 195 g/mol. The van der Waals surface area contributed by atoms with Gasteiger partial charge >= 0.3 is 0 Å². The number of rotatable bonds is 3. The van der Waals surface area contributed by atoms with Gasteiger partial charge in [-0.1, -0.05) is 18.2 Å². The molecule has 0 bridgehead atoms. The first-order valence-corrected chi connectivity index (χ1v) is 5.33. The van der Waals surface area contributed by atoms with E-state index in [9.17, 15) is 4.79 Å². The highest BCUT2D eigenvalue weighted by molar-refractivity contribution is 7.98. The highest BCUT2D eigenvalue weighted by Crippen LogP contribution is 2.19. The van der Waals surface area contributed by atoms with Crippen LogP contribution >= 0.6 is 11.8 Å². The van der Waals surface area contributed by atoms with E-state index in [1.165, 1.54) is 17.4 Å². The average Bonchev–Trinajstić information content (AvgIpc) is 2.15. The Hall–Kier alpha value is -0.960. The maximum atomic E-state index is 10.7. The summed E-state index contributed by atoms with van der Waals surface area (Å²) in [7, 11) is 0. The molecule has 0 spiro atoms. The summed E-state index contributed by atoms with van der Waals surface area (Å²) in [5.41, 5.74) is 1.17. The van der Waals surface area contributed by atoms with Crippen molar-refractivity contribution >= 4 is 17.7 Å². The summed E-state index contributed by atoms with van der Waals surface area (Å²) in [6.07, 6.45) is 2.03. The summed E-state index contributed by atoms with van der Waals surface area (Å²) in [4.78, 5) is 11.9. The summed E-state index contributed by atoms with van der Waals surface area (Å²) in [6, 6.07) is 8.07. The number of carbonyl (C=O) groups is 1. The van der Waals surface area contributed by atoms with Crippen LogP contribution in [0.2, 0.25) is 0 Å². The number of hydrogen-bond acceptors (Lipinski definition) is 2. The van der Waals surface area contributed by atoms with Gasteiger partial charge in [0.1, 0.15) is 0 Å². The number of nitrogens with one attached hydrogen (secondary N) is 1.